The summed E-state index contributed by atoms with van der Waals surface area (Å²) >= 11 is 0. The van der Waals surface area contributed by atoms with Crippen LogP contribution in [0.2, 0.25) is 0 Å². The van der Waals surface area contributed by atoms with Crippen LogP contribution in [0.4, 0.5) is 10.1 Å². The fourth-order valence-electron chi connectivity index (χ4n) is 1.93. The molecule has 0 aliphatic heterocycles. The highest BCUT2D eigenvalue weighted by molar-refractivity contribution is 5.94. The molecule has 0 atom stereocenters. The lowest BCUT2D eigenvalue weighted by Gasteiger charge is -2.22. The summed E-state index contributed by atoms with van der Waals surface area (Å²) in [6, 6.07) is 13.7. The van der Waals surface area contributed by atoms with Gasteiger partial charge in [0.05, 0.1) is 13.1 Å². The lowest BCUT2D eigenvalue weighted by atomic mass is 10.1. The molecule has 0 spiro atoms. The molecular formula is C16H17FN2O. The highest BCUT2D eigenvalue weighted by Gasteiger charge is 2.14. The predicted molar refractivity (Wildman–Crippen MR) is 77.8 cm³/mol. The van der Waals surface area contributed by atoms with Crippen molar-refractivity contribution < 1.29 is 9.18 Å². The maximum atomic E-state index is 12.9. The zero-order valence-electron chi connectivity index (χ0n) is 11.3. The van der Waals surface area contributed by atoms with Gasteiger partial charge in [-0.15, -0.1) is 0 Å². The summed E-state index contributed by atoms with van der Waals surface area (Å²) in [6.45, 7) is 2.30. The quantitative estimate of drug-likeness (QED) is 0.930. The number of carbonyl (C=O) groups is 1. The summed E-state index contributed by atoms with van der Waals surface area (Å²) in [4.78, 5) is 13.6. The predicted octanol–water partition coefficient (Wildman–Crippen LogP) is 2.63. The van der Waals surface area contributed by atoms with Gasteiger partial charge in [-0.2, -0.15) is 0 Å². The van der Waals surface area contributed by atoms with E-state index in [2.05, 4.69) is 0 Å². The average Bonchev–Trinajstić information content (AvgIpc) is 2.47. The number of anilines is 1. The molecule has 2 N–H and O–H groups in total. The highest BCUT2D eigenvalue weighted by atomic mass is 19.1. The highest BCUT2D eigenvalue weighted by Crippen LogP contribution is 2.18. The van der Waals surface area contributed by atoms with E-state index in [9.17, 15) is 9.18 Å². The van der Waals surface area contributed by atoms with E-state index in [-0.39, 0.29) is 18.3 Å². The van der Waals surface area contributed by atoms with Crippen LogP contribution in [-0.2, 0) is 11.3 Å². The third kappa shape index (κ3) is 3.42. The second kappa shape index (κ2) is 6.30. The Morgan fingerprint density at radius 1 is 1.10 bits per heavy atom. The largest absolute Gasteiger partial charge is 0.322 e. The molecule has 0 unspecified atom stereocenters. The lowest BCUT2D eigenvalue weighted by molar-refractivity contribution is -0.117. The number of hydrogen-bond donors (Lipinski definition) is 1. The summed E-state index contributed by atoms with van der Waals surface area (Å²) in [5.74, 6) is -0.459. The van der Waals surface area contributed by atoms with E-state index in [0.29, 0.717) is 6.54 Å². The summed E-state index contributed by atoms with van der Waals surface area (Å²) < 4.78 is 12.9. The number of nitrogens with two attached hydrogens (primary N) is 1. The van der Waals surface area contributed by atoms with Crippen molar-refractivity contribution in [3.8, 4) is 0 Å². The minimum atomic E-state index is -0.291. The van der Waals surface area contributed by atoms with E-state index in [1.54, 1.807) is 17.0 Å². The number of benzene rings is 2. The molecule has 0 heterocycles. The van der Waals surface area contributed by atoms with Crippen molar-refractivity contribution in [1.29, 1.82) is 0 Å². The molecule has 4 heteroatoms. The Hall–Kier alpha value is -2.20. The molecule has 1 amide bonds. The molecule has 0 saturated carbocycles. The van der Waals surface area contributed by atoms with Crippen molar-refractivity contribution in [2.24, 2.45) is 5.73 Å². The van der Waals surface area contributed by atoms with E-state index < -0.39 is 0 Å². The monoisotopic (exact) mass is 272 g/mol. The number of carbonyl (C=O) groups excluding carboxylic acids is 1. The smallest absolute Gasteiger partial charge is 0.241 e. The summed E-state index contributed by atoms with van der Waals surface area (Å²) in [5.41, 5.74) is 8.23. The molecule has 20 heavy (non-hydrogen) atoms. The molecule has 0 aromatic heterocycles. The number of rotatable bonds is 4. The van der Waals surface area contributed by atoms with Gasteiger partial charge in [-0.1, -0.05) is 29.8 Å². The molecule has 2 aromatic rings. The first kappa shape index (κ1) is 14.2. The molecule has 0 aliphatic rings. The fourth-order valence-corrected chi connectivity index (χ4v) is 1.93. The van der Waals surface area contributed by atoms with Crippen molar-refractivity contribution in [2.75, 3.05) is 11.4 Å². The van der Waals surface area contributed by atoms with Gasteiger partial charge in [0, 0.05) is 5.69 Å². The minimum Gasteiger partial charge on any atom is -0.322 e. The Kier molecular flexibility index (Phi) is 4.48. The number of nitrogens with zero attached hydrogens (tertiary/aromatic N) is 1. The summed E-state index contributed by atoms with van der Waals surface area (Å²) in [5, 5.41) is 0. The van der Waals surface area contributed by atoms with Crippen LogP contribution < -0.4 is 10.6 Å². The normalized spacial score (nSPS) is 10.3. The van der Waals surface area contributed by atoms with E-state index in [1.807, 2.05) is 31.2 Å². The second-order valence-electron chi connectivity index (χ2n) is 4.65. The van der Waals surface area contributed by atoms with Crippen LogP contribution in [-0.4, -0.2) is 12.5 Å². The first-order chi connectivity index (χ1) is 9.60. The summed E-state index contributed by atoms with van der Waals surface area (Å²) in [7, 11) is 0. The average molecular weight is 272 g/mol. The van der Waals surface area contributed by atoms with Gasteiger partial charge in [0.1, 0.15) is 5.82 Å². The van der Waals surface area contributed by atoms with E-state index >= 15 is 0 Å². The van der Waals surface area contributed by atoms with Gasteiger partial charge in [-0.3, -0.25) is 4.79 Å². The topological polar surface area (TPSA) is 46.3 Å². The van der Waals surface area contributed by atoms with Gasteiger partial charge in [0.25, 0.3) is 0 Å². The zero-order valence-corrected chi connectivity index (χ0v) is 11.3. The van der Waals surface area contributed by atoms with Crippen molar-refractivity contribution in [1.82, 2.24) is 0 Å². The van der Waals surface area contributed by atoms with Crippen molar-refractivity contribution in [3.63, 3.8) is 0 Å². The Morgan fingerprint density at radius 2 is 1.70 bits per heavy atom. The standard InChI is InChI=1S/C16H17FN2O/c1-12-2-8-15(9-3-12)19(16(20)10-18)11-13-4-6-14(17)7-5-13/h2-9H,10-11,18H2,1H3. The number of amides is 1. The van der Waals surface area contributed by atoms with Crippen LogP contribution >= 0.6 is 0 Å². The summed E-state index contributed by atoms with van der Waals surface area (Å²) in [6.07, 6.45) is 0. The first-order valence-electron chi connectivity index (χ1n) is 6.41. The van der Waals surface area contributed by atoms with Crippen LogP contribution in [0.3, 0.4) is 0 Å². The molecule has 0 saturated heterocycles. The number of halogens is 1. The molecule has 0 fully saturated rings. The second-order valence-corrected chi connectivity index (χ2v) is 4.65. The number of hydrogen-bond acceptors (Lipinski definition) is 2. The molecule has 104 valence electrons. The molecule has 2 aromatic carbocycles. The lowest BCUT2D eigenvalue weighted by Crippen LogP contribution is -2.35. The Labute approximate surface area is 117 Å². The molecule has 3 nitrogen and oxygen atoms in total. The maximum absolute atomic E-state index is 12.9. The van der Waals surface area contributed by atoms with Crippen molar-refractivity contribution >= 4 is 11.6 Å². The van der Waals surface area contributed by atoms with E-state index in [4.69, 9.17) is 5.73 Å². The maximum Gasteiger partial charge on any atom is 0.241 e. The molecule has 0 radical (unpaired) electrons. The molecule has 2 rings (SSSR count). The fraction of sp³-hybridized carbons (Fsp3) is 0.188. The van der Waals surface area contributed by atoms with Crippen LogP contribution in [0, 0.1) is 12.7 Å². The van der Waals surface area contributed by atoms with Gasteiger partial charge >= 0.3 is 0 Å². The Balaban J connectivity index is 2.26. The van der Waals surface area contributed by atoms with Gasteiger partial charge < -0.3 is 10.6 Å². The Bertz CT molecular complexity index is 578. The molecule has 0 aliphatic carbocycles. The van der Waals surface area contributed by atoms with Gasteiger partial charge in [-0.25, -0.2) is 4.39 Å². The van der Waals surface area contributed by atoms with Crippen molar-refractivity contribution in [2.45, 2.75) is 13.5 Å². The van der Waals surface area contributed by atoms with Crippen molar-refractivity contribution in [3.05, 3.63) is 65.5 Å². The third-order valence-electron chi connectivity index (χ3n) is 3.08. The SMILES string of the molecule is Cc1ccc(N(Cc2ccc(F)cc2)C(=O)CN)cc1. The van der Waals surface area contributed by atoms with E-state index in [1.165, 1.54) is 12.1 Å². The first-order valence-corrected chi connectivity index (χ1v) is 6.41. The van der Waals surface area contributed by atoms with Crippen LogP contribution in [0.1, 0.15) is 11.1 Å². The van der Waals surface area contributed by atoms with Gasteiger partial charge in [-0.05, 0) is 36.8 Å². The Morgan fingerprint density at radius 3 is 2.25 bits per heavy atom. The number of aryl methyl sites for hydroxylation is 1. The molecular weight excluding hydrogens is 255 g/mol. The van der Waals surface area contributed by atoms with Crippen LogP contribution in [0.15, 0.2) is 48.5 Å². The minimum absolute atomic E-state index is 0.0604. The zero-order chi connectivity index (χ0) is 14.5. The van der Waals surface area contributed by atoms with Gasteiger partial charge in [0.2, 0.25) is 5.91 Å². The third-order valence-corrected chi connectivity index (χ3v) is 3.08. The van der Waals surface area contributed by atoms with E-state index in [0.717, 1.165) is 16.8 Å². The molecule has 0 bridgehead atoms. The van der Waals surface area contributed by atoms with Crippen LogP contribution in [0.25, 0.3) is 0 Å². The van der Waals surface area contributed by atoms with Crippen LogP contribution in [0.5, 0.6) is 0 Å². The van der Waals surface area contributed by atoms with Gasteiger partial charge in [0.15, 0.2) is 0 Å².